The fourth-order valence-electron chi connectivity index (χ4n) is 5.03. The number of rotatable bonds is 4. The van der Waals surface area contributed by atoms with Gasteiger partial charge in [0.1, 0.15) is 6.04 Å². The van der Waals surface area contributed by atoms with E-state index in [1.807, 2.05) is 24.0 Å². The van der Waals surface area contributed by atoms with Gasteiger partial charge in [0.05, 0.1) is 11.7 Å². The first-order valence-electron chi connectivity index (χ1n) is 11.0. The Balaban J connectivity index is 1.52. The largest absolute Gasteiger partial charge is 0.372 e. The minimum absolute atomic E-state index is 0.0765. The summed E-state index contributed by atoms with van der Waals surface area (Å²) in [5, 5.41) is 1.21. The summed E-state index contributed by atoms with van der Waals surface area (Å²) in [5.41, 5.74) is 5.24. The molecule has 4 nitrogen and oxygen atoms in total. The predicted molar refractivity (Wildman–Crippen MR) is 123 cm³/mol. The van der Waals surface area contributed by atoms with Crippen LogP contribution in [0.1, 0.15) is 61.5 Å². The average molecular weight is 407 g/mol. The highest BCUT2D eigenvalue weighted by molar-refractivity contribution is 8.14. The number of aryl methyl sites for hydroxylation is 1. The van der Waals surface area contributed by atoms with Crippen LogP contribution in [-0.2, 0) is 0 Å². The topological polar surface area (TPSA) is 31.7 Å². The molecule has 1 aromatic heterocycles. The molecule has 3 aliphatic rings. The molecule has 5 heteroatoms. The number of hydrogen-bond acceptors (Lipinski definition) is 5. The number of pyridine rings is 1. The van der Waals surface area contributed by atoms with Crippen LogP contribution >= 0.6 is 11.8 Å². The van der Waals surface area contributed by atoms with E-state index in [1.165, 1.54) is 54.3 Å². The molecule has 5 rings (SSSR count). The average Bonchev–Trinajstić information content (AvgIpc) is 3.34. The van der Waals surface area contributed by atoms with Crippen molar-refractivity contribution in [3.05, 3.63) is 59.4 Å². The summed E-state index contributed by atoms with van der Waals surface area (Å²) in [5.74, 6) is 1.14. The summed E-state index contributed by atoms with van der Waals surface area (Å²) in [4.78, 5) is 15.0. The monoisotopic (exact) mass is 406 g/mol. The number of aliphatic imine (C=N–C) groups is 1. The van der Waals surface area contributed by atoms with E-state index in [4.69, 9.17) is 4.99 Å². The lowest BCUT2D eigenvalue weighted by atomic mass is 9.91. The molecular formula is C24H30N4S. The van der Waals surface area contributed by atoms with E-state index in [2.05, 4.69) is 59.0 Å². The van der Waals surface area contributed by atoms with Crippen LogP contribution in [0.5, 0.6) is 0 Å². The first-order chi connectivity index (χ1) is 14.3. The number of benzene rings is 1. The highest BCUT2D eigenvalue weighted by Crippen LogP contribution is 2.49. The number of amidine groups is 1. The Kier molecular flexibility index (Phi) is 5.25. The number of fused-ring (bicyclic) bond motifs is 1. The van der Waals surface area contributed by atoms with Crippen LogP contribution in [-0.4, -0.2) is 39.9 Å². The van der Waals surface area contributed by atoms with Crippen LogP contribution in [0, 0.1) is 6.92 Å². The lowest BCUT2D eigenvalue weighted by Gasteiger charge is -2.34. The van der Waals surface area contributed by atoms with Crippen molar-refractivity contribution in [2.24, 2.45) is 4.99 Å². The van der Waals surface area contributed by atoms with E-state index in [0.29, 0.717) is 6.04 Å². The number of thioether (sulfide) groups is 1. The van der Waals surface area contributed by atoms with Crippen molar-refractivity contribution in [3.63, 3.8) is 0 Å². The molecule has 3 aliphatic heterocycles. The zero-order valence-corrected chi connectivity index (χ0v) is 18.2. The maximum atomic E-state index is 5.16. The maximum absolute atomic E-state index is 5.16. The highest BCUT2D eigenvalue weighted by Gasteiger charge is 2.45. The van der Waals surface area contributed by atoms with Gasteiger partial charge in [0.15, 0.2) is 5.17 Å². The second-order valence-corrected chi connectivity index (χ2v) is 9.41. The minimum Gasteiger partial charge on any atom is -0.372 e. The van der Waals surface area contributed by atoms with Crippen LogP contribution < -0.4 is 4.90 Å². The van der Waals surface area contributed by atoms with Crippen molar-refractivity contribution < 1.29 is 0 Å². The molecule has 0 amide bonds. The first kappa shape index (κ1) is 19.0. The number of nitrogens with zero attached hydrogens (tertiary/aromatic N) is 4. The van der Waals surface area contributed by atoms with Crippen LogP contribution in [0.4, 0.5) is 5.69 Å². The number of hydrogen-bond donors (Lipinski definition) is 0. The van der Waals surface area contributed by atoms with Crippen molar-refractivity contribution in [1.82, 2.24) is 9.88 Å². The summed E-state index contributed by atoms with van der Waals surface area (Å²) in [6.45, 7) is 6.95. The summed E-state index contributed by atoms with van der Waals surface area (Å²) in [7, 11) is 0. The third-order valence-electron chi connectivity index (χ3n) is 6.62. The SMILES string of the molecule is CC[C@@H]1CSC2=N[C@H](c3ccccn3)[C@H](c3ccc(N4CCCCC4)cc3C)N21. The zero-order chi connectivity index (χ0) is 19.8. The van der Waals surface area contributed by atoms with Gasteiger partial charge in [0, 0.05) is 36.8 Å². The lowest BCUT2D eigenvalue weighted by molar-refractivity contribution is 0.254. The third kappa shape index (κ3) is 3.43. The van der Waals surface area contributed by atoms with E-state index < -0.39 is 0 Å². The predicted octanol–water partition coefficient (Wildman–Crippen LogP) is 5.36. The molecule has 0 aliphatic carbocycles. The van der Waals surface area contributed by atoms with Crippen molar-refractivity contribution in [2.75, 3.05) is 23.7 Å². The van der Waals surface area contributed by atoms with Gasteiger partial charge in [-0.1, -0.05) is 30.8 Å². The quantitative estimate of drug-likeness (QED) is 0.684. The molecule has 2 aromatic rings. The fourth-order valence-corrected chi connectivity index (χ4v) is 6.36. The number of anilines is 1. The van der Waals surface area contributed by atoms with Gasteiger partial charge in [-0.05, 0) is 68.0 Å². The van der Waals surface area contributed by atoms with Gasteiger partial charge >= 0.3 is 0 Å². The maximum Gasteiger partial charge on any atom is 0.160 e. The van der Waals surface area contributed by atoms with E-state index >= 15 is 0 Å². The Labute approximate surface area is 178 Å². The molecule has 1 aromatic carbocycles. The van der Waals surface area contributed by atoms with Crippen molar-refractivity contribution in [3.8, 4) is 0 Å². The van der Waals surface area contributed by atoms with Crippen LogP contribution in [0.25, 0.3) is 0 Å². The smallest absolute Gasteiger partial charge is 0.160 e. The molecule has 4 heterocycles. The van der Waals surface area contributed by atoms with Gasteiger partial charge in [-0.25, -0.2) is 0 Å². The number of aromatic nitrogens is 1. The van der Waals surface area contributed by atoms with Gasteiger partial charge in [0.25, 0.3) is 0 Å². The van der Waals surface area contributed by atoms with Crippen LogP contribution in [0.3, 0.4) is 0 Å². The Morgan fingerprint density at radius 3 is 2.69 bits per heavy atom. The van der Waals surface area contributed by atoms with Crippen molar-refractivity contribution in [1.29, 1.82) is 0 Å². The Morgan fingerprint density at radius 1 is 1.10 bits per heavy atom. The lowest BCUT2D eigenvalue weighted by Crippen LogP contribution is -2.35. The van der Waals surface area contributed by atoms with Gasteiger partial charge in [0.2, 0.25) is 0 Å². The molecular weight excluding hydrogens is 376 g/mol. The Bertz CT molecular complexity index is 891. The van der Waals surface area contributed by atoms with Crippen molar-refractivity contribution in [2.45, 2.75) is 57.7 Å². The van der Waals surface area contributed by atoms with Gasteiger partial charge in [-0.15, -0.1) is 0 Å². The van der Waals surface area contributed by atoms with Crippen LogP contribution in [0.15, 0.2) is 47.6 Å². The van der Waals surface area contributed by atoms with E-state index in [0.717, 1.165) is 17.9 Å². The van der Waals surface area contributed by atoms with Gasteiger partial charge in [-0.3, -0.25) is 9.98 Å². The van der Waals surface area contributed by atoms with Crippen molar-refractivity contribution >= 4 is 22.6 Å². The molecule has 3 atom stereocenters. The minimum atomic E-state index is 0.0765. The first-order valence-corrected chi connectivity index (χ1v) is 12.0. The van der Waals surface area contributed by atoms with E-state index in [-0.39, 0.29) is 12.1 Å². The molecule has 0 spiro atoms. The highest BCUT2D eigenvalue weighted by atomic mass is 32.2. The summed E-state index contributed by atoms with van der Waals surface area (Å²) < 4.78 is 0. The molecule has 0 unspecified atom stereocenters. The van der Waals surface area contributed by atoms with Gasteiger partial charge in [-0.2, -0.15) is 0 Å². The third-order valence-corrected chi connectivity index (χ3v) is 7.75. The molecule has 0 saturated carbocycles. The normalized spacial score (nSPS) is 26.6. The summed E-state index contributed by atoms with van der Waals surface area (Å²) >= 11 is 1.91. The van der Waals surface area contributed by atoms with Gasteiger partial charge < -0.3 is 9.80 Å². The summed E-state index contributed by atoms with van der Waals surface area (Å²) in [6, 6.07) is 14.2. The molecule has 0 radical (unpaired) electrons. The summed E-state index contributed by atoms with van der Waals surface area (Å²) in [6.07, 6.45) is 7.04. The molecule has 29 heavy (non-hydrogen) atoms. The fraction of sp³-hybridized carbons (Fsp3) is 0.500. The second kappa shape index (κ2) is 8.02. The molecule has 0 bridgehead atoms. The van der Waals surface area contributed by atoms with Crippen LogP contribution in [0.2, 0.25) is 0 Å². The molecule has 0 N–H and O–H groups in total. The number of piperidine rings is 1. The zero-order valence-electron chi connectivity index (χ0n) is 17.4. The van der Waals surface area contributed by atoms with E-state index in [9.17, 15) is 0 Å². The molecule has 2 fully saturated rings. The molecule has 2 saturated heterocycles. The standard InChI is InChI=1S/C24H30N4S/c1-3-18-16-29-24-26-22(21-9-5-6-12-25-21)23(28(18)24)20-11-10-19(15-17(20)2)27-13-7-4-8-14-27/h5-6,9-12,15,18,22-23H,3-4,7-8,13-14,16H2,1-2H3/t18-,22-,23+/m1/s1. The second-order valence-electron chi connectivity index (χ2n) is 8.42. The Hall–Kier alpha value is -2.01. The van der Waals surface area contributed by atoms with E-state index in [1.54, 1.807) is 0 Å². The Morgan fingerprint density at radius 2 is 1.97 bits per heavy atom. The molecule has 152 valence electrons.